The van der Waals surface area contributed by atoms with E-state index in [1.165, 1.54) is 0 Å². The summed E-state index contributed by atoms with van der Waals surface area (Å²) >= 11 is 6.29. The average Bonchev–Trinajstić information content (AvgIpc) is 3.13. The molecule has 6 nitrogen and oxygen atoms in total. The second-order valence-corrected chi connectivity index (χ2v) is 8.72. The molecule has 2 amide bonds. The van der Waals surface area contributed by atoms with E-state index in [1.807, 2.05) is 11.9 Å². The molecule has 0 aromatic heterocycles. The Labute approximate surface area is 192 Å². The summed E-state index contributed by atoms with van der Waals surface area (Å²) in [6, 6.07) is 5.23. The first kappa shape index (κ1) is 26.5. The molecule has 0 saturated carbocycles. The maximum atomic E-state index is 13.0. The van der Waals surface area contributed by atoms with E-state index in [1.54, 1.807) is 30.1 Å². The number of likely N-dealkylation sites (N-methyl/N-ethyl adjacent to an activating group) is 1. The molecule has 1 saturated heterocycles. The molecular weight excluding hydrogens is 423 g/mol. The molecule has 0 unspecified atom stereocenters. The van der Waals surface area contributed by atoms with Gasteiger partial charge in [0, 0.05) is 52.0 Å². The fourth-order valence-electron chi connectivity index (χ4n) is 4.08. The molecule has 1 aliphatic rings. The summed E-state index contributed by atoms with van der Waals surface area (Å²) < 4.78 is 0.798. The summed E-state index contributed by atoms with van der Waals surface area (Å²) in [6.45, 7) is 6.26. The van der Waals surface area contributed by atoms with Crippen LogP contribution in [0.5, 0.6) is 0 Å². The number of likely N-dealkylation sites (tertiary alicyclic amines) is 1. The minimum atomic E-state index is 0. The van der Waals surface area contributed by atoms with Gasteiger partial charge in [-0.15, -0.1) is 0 Å². The fraction of sp³-hybridized carbons (Fsp3) is 0.636. The number of unbranched alkanes of at least 4 members (excludes halogenated alkanes) is 1. The molecule has 170 valence electrons. The zero-order valence-corrected chi connectivity index (χ0v) is 20.0. The monoisotopic (exact) mass is 458 g/mol. The normalized spacial score (nSPS) is 14.8. The highest BCUT2D eigenvalue weighted by atomic mass is 35.5. The number of anilines is 2. The number of halogens is 2. The van der Waals surface area contributed by atoms with Crippen LogP contribution in [-0.4, -0.2) is 68.0 Å². The molecule has 1 aromatic carbocycles. The predicted molar refractivity (Wildman–Crippen MR) is 120 cm³/mol. The molecule has 0 aliphatic carbocycles. The Hall–Kier alpha value is -1.50. The van der Waals surface area contributed by atoms with Gasteiger partial charge in [-0.3, -0.25) is 9.59 Å². The van der Waals surface area contributed by atoms with Crippen molar-refractivity contribution in [3.8, 4) is 0 Å². The Morgan fingerprint density at radius 1 is 1.13 bits per heavy atom. The van der Waals surface area contributed by atoms with Gasteiger partial charge in [-0.05, 0) is 24.6 Å². The third-order valence-corrected chi connectivity index (χ3v) is 6.29. The lowest BCUT2D eigenvalue weighted by Gasteiger charge is -2.35. The van der Waals surface area contributed by atoms with E-state index in [2.05, 4.69) is 6.92 Å². The van der Waals surface area contributed by atoms with E-state index in [4.69, 9.17) is 17.3 Å². The van der Waals surface area contributed by atoms with Crippen LogP contribution >= 0.6 is 11.6 Å². The number of benzene rings is 1. The Balaban J connectivity index is 0.00000450. The predicted octanol–water partition coefficient (Wildman–Crippen LogP) is 0.538. The van der Waals surface area contributed by atoms with Gasteiger partial charge in [0.05, 0.1) is 30.3 Å². The van der Waals surface area contributed by atoms with Crippen LogP contribution in [0.1, 0.15) is 45.4 Å². The number of hydrogen-bond acceptors (Lipinski definition) is 3. The summed E-state index contributed by atoms with van der Waals surface area (Å²) in [5, 5.41) is 0.487. The zero-order chi connectivity index (χ0) is 21.4. The molecule has 0 atom stereocenters. The van der Waals surface area contributed by atoms with E-state index in [9.17, 15) is 9.59 Å². The average molecular weight is 459 g/mol. The highest BCUT2D eigenvalue weighted by Crippen LogP contribution is 2.28. The van der Waals surface area contributed by atoms with Crippen molar-refractivity contribution in [2.24, 2.45) is 0 Å². The first-order valence-corrected chi connectivity index (χ1v) is 11.1. The number of hydrogen-bond donors (Lipinski definition) is 1. The van der Waals surface area contributed by atoms with Gasteiger partial charge in [-0.1, -0.05) is 24.9 Å². The number of carbonyl (C=O) groups excluding carboxylic acids is 2. The summed E-state index contributed by atoms with van der Waals surface area (Å²) in [6.07, 6.45) is 5.80. The van der Waals surface area contributed by atoms with Crippen molar-refractivity contribution in [2.75, 3.05) is 57.5 Å². The lowest BCUT2D eigenvalue weighted by molar-refractivity contribution is -0.909. The highest BCUT2D eigenvalue weighted by Gasteiger charge is 2.35. The van der Waals surface area contributed by atoms with Crippen LogP contribution in [0.2, 0.25) is 5.02 Å². The van der Waals surface area contributed by atoms with Gasteiger partial charge in [0.25, 0.3) is 5.91 Å². The first-order valence-electron chi connectivity index (χ1n) is 10.7. The molecule has 0 radical (unpaired) electrons. The van der Waals surface area contributed by atoms with Crippen LogP contribution in [0, 0.1) is 0 Å². The molecule has 1 fully saturated rings. The molecule has 0 bridgehead atoms. The lowest BCUT2D eigenvalue weighted by Crippen LogP contribution is -3.00. The zero-order valence-electron chi connectivity index (χ0n) is 18.5. The van der Waals surface area contributed by atoms with Gasteiger partial charge in [0.2, 0.25) is 5.91 Å². The van der Waals surface area contributed by atoms with Crippen molar-refractivity contribution in [1.82, 2.24) is 4.90 Å². The Morgan fingerprint density at radius 3 is 2.40 bits per heavy atom. The largest absolute Gasteiger partial charge is 1.00 e. The van der Waals surface area contributed by atoms with Crippen LogP contribution in [0.4, 0.5) is 11.4 Å². The molecule has 2 rings (SSSR count). The molecule has 1 aromatic rings. The standard InChI is InChI=1S/C22H36ClN4O2.ClH/c1-4-5-9-21(28)25(2)12-8-15-27(13-6-7-14-27)17-22(29)26(3)20-11-10-18(24)16-19(20)23;/h10-11,16H,4-9,12-15,17,24H2,1-3H3;1H/q+1;/p-1. The van der Waals surface area contributed by atoms with Crippen molar-refractivity contribution in [3.63, 3.8) is 0 Å². The third kappa shape index (κ3) is 7.33. The van der Waals surface area contributed by atoms with Crippen LogP contribution in [0.3, 0.4) is 0 Å². The van der Waals surface area contributed by atoms with Gasteiger partial charge in [0.15, 0.2) is 6.54 Å². The van der Waals surface area contributed by atoms with E-state index in [-0.39, 0.29) is 24.2 Å². The number of nitrogen functional groups attached to an aromatic ring is 1. The number of nitrogens with zero attached hydrogens (tertiary/aromatic N) is 3. The molecule has 1 aliphatic heterocycles. The van der Waals surface area contributed by atoms with Gasteiger partial charge in [-0.25, -0.2) is 0 Å². The second-order valence-electron chi connectivity index (χ2n) is 8.31. The second kappa shape index (κ2) is 12.4. The number of nitrogens with two attached hydrogens (primary N) is 1. The molecule has 0 spiro atoms. The minimum absolute atomic E-state index is 0. The molecule has 2 N–H and O–H groups in total. The lowest BCUT2D eigenvalue weighted by atomic mass is 10.2. The highest BCUT2D eigenvalue weighted by molar-refractivity contribution is 6.34. The van der Waals surface area contributed by atoms with Crippen LogP contribution in [0.15, 0.2) is 18.2 Å². The number of amides is 2. The summed E-state index contributed by atoms with van der Waals surface area (Å²) in [5.74, 6) is 0.277. The van der Waals surface area contributed by atoms with Crippen molar-refractivity contribution < 1.29 is 26.5 Å². The summed E-state index contributed by atoms with van der Waals surface area (Å²) in [7, 11) is 3.65. The third-order valence-electron chi connectivity index (χ3n) is 5.99. The maximum absolute atomic E-state index is 13.0. The van der Waals surface area contributed by atoms with E-state index in [0.717, 1.165) is 62.8 Å². The van der Waals surface area contributed by atoms with E-state index >= 15 is 0 Å². The number of carbonyl (C=O) groups is 2. The van der Waals surface area contributed by atoms with E-state index in [0.29, 0.717) is 29.4 Å². The molecule has 8 heteroatoms. The Kier molecular flexibility index (Phi) is 10.9. The van der Waals surface area contributed by atoms with Crippen LogP contribution in [0.25, 0.3) is 0 Å². The molecule has 1 heterocycles. The molecule has 30 heavy (non-hydrogen) atoms. The van der Waals surface area contributed by atoms with Gasteiger partial charge in [-0.2, -0.15) is 0 Å². The minimum Gasteiger partial charge on any atom is -1.00 e. The maximum Gasteiger partial charge on any atom is 0.282 e. The smallest absolute Gasteiger partial charge is 0.282 e. The van der Waals surface area contributed by atoms with Gasteiger partial charge >= 0.3 is 0 Å². The SMILES string of the molecule is CCCCC(=O)N(C)CCC[N+]1(CC(=O)N(C)c2ccc(N)cc2Cl)CCCC1.[Cl-]. The van der Waals surface area contributed by atoms with Crippen molar-refractivity contribution in [3.05, 3.63) is 23.2 Å². The van der Waals surface area contributed by atoms with Gasteiger partial charge < -0.3 is 32.4 Å². The molecular formula is C22H36Cl2N4O2. The Morgan fingerprint density at radius 2 is 1.80 bits per heavy atom. The van der Waals surface area contributed by atoms with E-state index < -0.39 is 0 Å². The number of quaternary nitrogens is 1. The fourth-order valence-corrected chi connectivity index (χ4v) is 4.39. The van der Waals surface area contributed by atoms with Crippen LogP contribution < -0.4 is 23.0 Å². The summed E-state index contributed by atoms with van der Waals surface area (Å²) in [5.41, 5.74) is 7.03. The number of rotatable bonds is 10. The quantitative estimate of drug-likeness (QED) is 0.410. The Bertz CT molecular complexity index is 708. The van der Waals surface area contributed by atoms with Crippen LogP contribution in [-0.2, 0) is 9.59 Å². The topological polar surface area (TPSA) is 66.6 Å². The van der Waals surface area contributed by atoms with Crippen molar-refractivity contribution in [2.45, 2.75) is 45.4 Å². The first-order chi connectivity index (χ1) is 13.8. The van der Waals surface area contributed by atoms with Crippen molar-refractivity contribution in [1.29, 1.82) is 0 Å². The summed E-state index contributed by atoms with van der Waals surface area (Å²) in [4.78, 5) is 28.6. The van der Waals surface area contributed by atoms with Crippen molar-refractivity contribution >= 4 is 34.8 Å². The van der Waals surface area contributed by atoms with Gasteiger partial charge in [0.1, 0.15) is 0 Å².